The van der Waals surface area contributed by atoms with Crippen LogP contribution in [0.5, 0.6) is 5.75 Å². The topological polar surface area (TPSA) is 58.6 Å². The average molecular weight is 357 g/mol. The molecule has 1 amide bonds. The maximum Gasteiger partial charge on any atom is 0.247 e. The molecule has 142 valence electrons. The van der Waals surface area contributed by atoms with Gasteiger partial charge in [0.15, 0.2) is 0 Å². The van der Waals surface area contributed by atoms with Crippen molar-refractivity contribution in [1.82, 2.24) is 5.48 Å². The minimum Gasteiger partial charge on any atom is -0.494 e. The van der Waals surface area contributed by atoms with Gasteiger partial charge in [-0.2, -0.15) is 0 Å². The molecule has 1 aromatic rings. The molecule has 0 aromatic heterocycles. The van der Waals surface area contributed by atoms with E-state index in [0.717, 1.165) is 42.1 Å². The van der Waals surface area contributed by atoms with Gasteiger partial charge in [-0.3, -0.25) is 10.0 Å². The molecule has 3 saturated carbocycles. The first kappa shape index (κ1) is 17.8. The van der Waals surface area contributed by atoms with Crippen molar-refractivity contribution < 1.29 is 14.7 Å². The Balaban J connectivity index is 1.24. The normalized spacial score (nSPS) is 32.3. The monoisotopic (exact) mass is 357 g/mol. The zero-order valence-electron chi connectivity index (χ0n) is 15.6. The molecule has 4 rings (SSSR count). The highest BCUT2D eigenvalue weighted by molar-refractivity contribution is 5.77. The van der Waals surface area contributed by atoms with Crippen LogP contribution in [0.1, 0.15) is 63.4 Å². The lowest BCUT2D eigenvalue weighted by molar-refractivity contribution is -0.128. The number of carbonyl (C=O) groups excluding carboxylic acids is 1. The lowest BCUT2D eigenvalue weighted by Gasteiger charge is -2.38. The number of nitrogens with one attached hydrogen (secondary N) is 1. The van der Waals surface area contributed by atoms with E-state index in [4.69, 9.17) is 9.94 Å². The highest BCUT2D eigenvalue weighted by Crippen LogP contribution is 2.61. The van der Waals surface area contributed by atoms with Gasteiger partial charge in [-0.25, -0.2) is 5.48 Å². The summed E-state index contributed by atoms with van der Waals surface area (Å²) in [6.07, 6.45) is 13.0. The number of hydrogen-bond acceptors (Lipinski definition) is 3. The second kappa shape index (κ2) is 7.59. The molecule has 4 nitrogen and oxygen atoms in total. The smallest absolute Gasteiger partial charge is 0.247 e. The van der Waals surface area contributed by atoms with E-state index in [9.17, 15) is 4.79 Å². The number of amides is 1. The SMILES string of the molecule is O=C(Cc1ccc(OCCCC23CC4CCCC(C2)C(C4)C3)cc1)NO. The van der Waals surface area contributed by atoms with Gasteiger partial charge in [-0.1, -0.05) is 31.4 Å². The van der Waals surface area contributed by atoms with Gasteiger partial charge in [0.2, 0.25) is 5.91 Å². The summed E-state index contributed by atoms with van der Waals surface area (Å²) in [4.78, 5) is 11.2. The minimum absolute atomic E-state index is 0.183. The van der Waals surface area contributed by atoms with Crippen LogP contribution in [0.15, 0.2) is 24.3 Å². The van der Waals surface area contributed by atoms with Crippen molar-refractivity contribution in [3.05, 3.63) is 29.8 Å². The van der Waals surface area contributed by atoms with Gasteiger partial charge in [-0.15, -0.1) is 0 Å². The van der Waals surface area contributed by atoms with E-state index >= 15 is 0 Å². The second-order valence-electron chi connectivity index (χ2n) is 8.97. The van der Waals surface area contributed by atoms with E-state index < -0.39 is 5.91 Å². The molecule has 3 aliphatic carbocycles. The van der Waals surface area contributed by atoms with Crippen molar-refractivity contribution in [2.24, 2.45) is 23.2 Å². The lowest BCUT2D eigenvalue weighted by atomic mass is 9.67. The predicted molar refractivity (Wildman–Crippen MR) is 100 cm³/mol. The first-order valence-corrected chi connectivity index (χ1v) is 10.3. The van der Waals surface area contributed by atoms with Gasteiger partial charge < -0.3 is 4.74 Å². The number of carbonyl (C=O) groups is 1. The molecule has 2 N–H and O–H groups in total. The molecule has 3 bridgehead atoms. The van der Waals surface area contributed by atoms with Crippen LogP contribution in [0, 0.1) is 23.2 Å². The maximum atomic E-state index is 11.2. The molecule has 0 heterocycles. The third-order valence-corrected chi connectivity index (χ3v) is 7.14. The molecule has 0 aliphatic heterocycles. The summed E-state index contributed by atoms with van der Waals surface area (Å²) in [5.41, 5.74) is 3.16. The Labute approximate surface area is 156 Å². The summed E-state index contributed by atoms with van der Waals surface area (Å²) in [6.45, 7) is 0.776. The van der Waals surface area contributed by atoms with Crippen LogP contribution in [0.2, 0.25) is 0 Å². The Morgan fingerprint density at radius 1 is 1.15 bits per heavy atom. The van der Waals surface area contributed by atoms with Gasteiger partial charge in [0, 0.05) is 0 Å². The molecule has 0 saturated heterocycles. The third-order valence-electron chi connectivity index (χ3n) is 7.14. The summed E-state index contributed by atoms with van der Waals surface area (Å²) < 4.78 is 5.93. The fraction of sp³-hybridized carbons (Fsp3) is 0.682. The van der Waals surface area contributed by atoms with Gasteiger partial charge in [0.1, 0.15) is 5.75 Å². The lowest BCUT2D eigenvalue weighted by Crippen LogP contribution is -2.27. The fourth-order valence-electron chi connectivity index (χ4n) is 6.19. The molecule has 3 aliphatic rings. The zero-order valence-corrected chi connectivity index (χ0v) is 15.6. The summed E-state index contributed by atoms with van der Waals surface area (Å²) >= 11 is 0. The van der Waals surface area contributed by atoms with E-state index in [0.29, 0.717) is 5.41 Å². The quantitative estimate of drug-likeness (QED) is 0.429. The Bertz CT molecular complexity index is 625. The summed E-state index contributed by atoms with van der Waals surface area (Å²) in [6, 6.07) is 7.59. The highest BCUT2D eigenvalue weighted by atomic mass is 16.5. The number of rotatable bonds is 7. The van der Waals surface area contributed by atoms with Gasteiger partial charge >= 0.3 is 0 Å². The summed E-state index contributed by atoms with van der Waals surface area (Å²) in [5, 5.41) is 8.57. The number of ether oxygens (including phenoxy) is 1. The van der Waals surface area contributed by atoms with E-state index in [2.05, 4.69) is 0 Å². The second-order valence-corrected chi connectivity index (χ2v) is 8.97. The Kier molecular flexibility index (Phi) is 5.21. The molecular weight excluding hydrogens is 326 g/mol. The maximum absolute atomic E-state index is 11.2. The average Bonchev–Trinajstić information content (AvgIpc) is 2.80. The molecular formula is C22H31NO3. The number of hydrogen-bond donors (Lipinski definition) is 2. The fourth-order valence-corrected chi connectivity index (χ4v) is 6.19. The molecule has 26 heavy (non-hydrogen) atoms. The minimum atomic E-state index is -0.398. The standard InChI is InChI=1S/C22H31NO3/c24-21(23-25)12-16-5-7-20(8-6-16)26-10-2-9-22-13-17-3-1-4-18(14-22)19(11-17)15-22/h5-8,17-19,25H,1-4,9-15H2,(H,23,24). The van der Waals surface area contributed by atoms with Crippen molar-refractivity contribution in [2.75, 3.05) is 6.61 Å². The first-order valence-electron chi connectivity index (χ1n) is 10.3. The predicted octanol–water partition coefficient (Wildman–Crippen LogP) is 4.50. The number of benzene rings is 1. The Hall–Kier alpha value is -1.55. The van der Waals surface area contributed by atoms with Crippen molar-refractivity contribution in [1.29, 1.82) is 0 Å². The van der Waals surface area contributed by atoms with Crippen molar-refractivity contribution in [2.45, 2.75) is 64.2 Å². The summed E-state index contributed by atoms with van der Waals surface area (Å²) in [5.74, 6) is 3.52. The molecule has 0 spiro atoms. The molecule has 0 radical (unpaired) electrons. The first-order chi connectivity index (χ1) is 12.7. The van der Waals surface area contributed by atoms with Gasteiger partial charge in [0.25, 0.3) is 0 Å². The number of fused-ring (bicyclic) bond motifs is 2. The largest absolute Gasteiger partial charge is 0.494 e. The van der Waals surface area contributed by atoms with Crippen molar-refractivity contribution in [3.63, 3.8) is 0 Å². The van der Waals surface area contributed by atoms with Crippen molar-refractivity contribution in [3.8, 4) is 5.75 Å². The van der Waals surface area contributed by atoms with E-state index in [1.807, 2.05) is 24.3 Å². The molecule has 3 fully saturated rings. The van der Waals surface area contributed by atoms with E-state index in [1.165, 1.54) is 51.4 Å². The van der Waals surface area contributed by atoms with Crippen LogP contribution in [0.3, 0.4) is 0 Å². The Morgan fingerprint density at radius 2 is 1.96 bits per heavy atom. The van der Waals surface area contributed by atoms with Crippen LogP contribution in [-0.4, -0.2) is 17.7 Å². The Morgan fingerprint density at radius 3 is 2.77 bits per heavy atom. The van der Waals surface area contributed by atoms with Crippen LogP contribution in [-0.2, 0) is 11.2 Å². The van der Waals surface area contributed by atoms with E-state index in [-0.39, 0.29) is 6.42 Å². The summed E-state index contributed by atoms with van der Waals surface area (Å²) in [7, 11) is 0. The van der Waals surface area contributed by atoms with Gasteiger partial charge in [0.05, 0.1) is 13.0 Å². The van der Waals surface area contributed by atoms with Crippen molar-refractivity contribution >= 4 is 5.91 Å². The van der Waals surface area contributed by atoms with Crippen LogP contribution in [0.25, 0.3) is 0 Å². The zero-order chi connectivity index (χ0) is 18.0. The molecule has 4 atom stereocenters. The molecule has 4 unspecified atom stereocenters. The van der Waals surface area contributed by atoms with Crippen LogP contribution in [0.4, 0.5) is 0 Å². The molecule has 1 aromatic carbocycles. The highest BCUT2D eigenvalue weighted by Gasteiger charge is 2.50. The van der Waals surface area contributed by atoms with Crippen LogP contribution < -0.4 is 10.2 Å². The molecule has 4 heteroatoms. The van der Waals surface area contributed by atoms with Gasteiger partial charge in [-0.05, 0) is 79.4 Å². The number of hydroxylamine groups is 1. The van der Waals surface area contributed by atoms with E-state index in [1.54, 1.807) is 5.48 Å². The van der Waals surface area contributed by atoms with Crippen LogP contribution >= 0.6 is 0 Å². The third kappa shape index (κ3) is 3.90.